The van der Waals surface area contributed by atoms with Gasteiger partial charge in [-0.05, 0) is 23.6 Å². The first kappa shape index (κ1) is 19.0. The van der Waals surface area contributed by atoms with Crippen LogP contribution >= 0.6 is 0 Å². The zero-order valence-electron chi connectivity index (χ0n) is 16.0. The lowest BCUT2D eigenvalue weighted by Crippen LogP contribution is -2.52. The molecule has 0 bridgehead atoms. The van der Waals surface area contributed by atoms with Gasteiger partial charge < -0.3 is 15.5 Å². The number of imide groups is 1. The molecule has 0 aliphatic carbocycles. The number of nitrogens with one attached hydrogen (secondary N) is 3. The van der Waals surface area contributed by atoms with Crippen LogP contribution in [0.1, 0.15) is 34.3 Å². The van der Waals surface area contributed by atoms with Crippen LogP contribution in [-0.2, 0) is 22.7 Å². The SMILES string of the molecule is O=C1CCC(N2Cc3cc(CN4CCNCCNCC4)ccc3C2=O)C(=O)N1. The topological polar surface area (TPSA) is 93.8 Å². The summed E-state index contributed by atoms with van der Waals surface area (Å²) >= 11 is 0. The van der Waals surface area contributed by atoms with Crippen LogP contribution in [0, 0.1) is 0 Å². The van der Waals surface area contributed by atoms with E-state index in [1.54, 1.807) is 4.90 Å². The largest absolute Gasteiger partial charge is 0.322 e. The minimum atomic E-state index is -0.559. The van der Waals surface area contributed by atoms with Crippen LogP contribution in [0.3, 0.4) is 0 Å². The maximum Gasteiger partial charge on any atom is 0.255 e. The predicted molar refractivity (Wildman–Crippen MR) is 104 cm³/mol. The summed E-state index contributed by atoms with van der Waals surface area (Å²) in [6.45, 7) is 7.15. The number of nitrogens with zero attached hydrogens (tertiary/aromatic N) is 2. The van der Waals surface area contributed by atoms with Crippen LogP contribution in [0.25, 0.3) is 0 Å². The van der Waals surface area contributed by atoms with E-state index in [1.807, 2.05) is 12.1 Å². The summed E-state index contributed by atoms with van der Waals surface area (Å²) in [5.41, 5.74) is 2.81. The molecule has 3 amide bonds. The summed E-state index contributed by atoms with van der Waals surface area (Å²) in [7, 11) is 0. The highest BCUT2D eigenvalue weighted by Crippen LogP contribution is 2.28. The van der Waals surface area contributed by atoms with E-state index >= 15 is 0 Å². The number of hydrogen-bond donors (Lipinski definition) is 3. The molecule has 1 aromatic carbocycles. The summed E-state index contributed by atoms with van der Waals surface area (Å²) in [6.07, 6.45) is 0.670. The van der Waals surface area contributed by atoms with E-state index < -0.39 is 6.04 Å². The minimum Gasteiger partial charge on any atom is -0.322 e. The normalized spacial score (nSPS) is 24.4. The summed E-state index contributed by atoms with van der Waals surface area (Å²) in [4.78, 5) is 40.3. The monoisotopic (exact) mass is 385 g/mol. The molecule has 1 atom stereocenters. The molecule has 0 saturated carbocycles. The van der Waals surface area contributed by atoms with Gasteiger partial charge in [0.1, 0.15) is 6.04 Å². The third-order valence-corrected chi connectivity index (χ3v) is 5.68. The van der Waals surface area contributed by atoms with Crippen molar-refractivity contribution in [1.82, 2.24) is 25.8 Å². The van der Waals surface area contributed by atoms with Crippen LogP contribution in [0.4, 0.5) is 0 Å². The molecular weight excluding hydrogens is 358 g/mol. The fourth-order valence-electron chi connectivity index (χ4n) is 4.16. The third kappa shape index (κ3) is 4.09. The second-order valence-electron chi connectivity index (χ2n) is 7.67. The molecule has 3 N–H and O–H groups in total. The highest BCUT2D eigenvalue weighted by molar-refractivity contribution is 6.05. The molecule has 0 aromatic heterocycles. The smallest absolute Gasteiger partial charge is 0.255 e. The summed E-state index contributed by atoms with van der Waals surface area (Å²) in [6, 6.07) is 5.42. The summed E-state index contributed by atoms with van der Waals surface area (Å²) < 4.78 is 0. The van der Waals surface area contributed by atoms with Crippen molar-refractivity contribution in [3.63, 3.8) is 0 Å². The van der Waals surface area contributed by atoms with Crippen molar-refractivity contribution in [2.45, 2.75) is 32.0 Å². The number of hydrogen-bond acceptors (Lipinski definition) is 6. The van der Waals surface area contributed by atoms with Crippen molar-refractivity contribution in [2.75, 3.05) is 39.3 Å². The van der Waals surface area contributed by atoms with Crippen molar-refractivity contribution in [2.24, 2.45) is 0 Å². The fraction of sp³-hybridized carbons (Fsp3) is 0.550. The van der Waals surface area contributed by atoms with Crippen LogP contribution in [0.15, 0.2) is 18.2 Å². The standard InChI is InChI=1S/C20H27N5O3/c26-18-4-3-17(19(27)23-18)25-13-15-11-14(1-2-16(15)20(25)28)12-24-9-7-21-5-6-22-8-10-24/h1-2,11,17,21-22H,3-10,12-13H2,(H,23,26,27). The van der Waals surface area contributed by atoms with E-state index in [2.05, 4.69) is 26.9 Å². The molecule has 1 aromatic rings. The molecule has 4 rings (SSSR count). The van der Waals surface area contributed by atoms with E-state index in [1.165, 1.54) is 5.56 Å². The Morgan fingerprint density at radius 1 is 1.00 bits per heavy atom. The van der Waals surface area contributed by atoms with Crippen LogP contribution < -0.4 is 16.0 Å². The quantitative estimate of drug-likeness (QED) is 0.604. The molecule has 8 nitrogen and oxygen atoms in total. The maximum absolute atomic E-state index is 12.8. The van der Waals surface area contributed by atoms with Gasteiger partial charge in [0, 0.05) is 64.3 Å². The van der Waals surface area contributed by atoms with E-state index in [0.29, 0.717) is 18.5 Å². The van der Waals surface area contributed by atoms with Gasteiger partial charge in [0.05, 0.1) is 0 Å². The second kappa shape index (κ2) is 8.38. The number of amides is 3. The Hall–Kier alpha value is -2.29. The highest BCUT2D eigenvalue weighted by atomic mass is 16.2. The summed E-state index contributed by atoms with van der Waals surface area (Å²) in [5, 5.41) is 9.19. The van der Waals surface area contributed by atoms with Gasteiger partial charge in [-0.15, -0.1) is 0 Å². The zero-order valence-corrected chi connectivity index (χ0v) is 16.0. The molecule has 3 aliphatic heterocycles. The van der Waals surface area contributed by atoms with Crippen LogP contribution in [0.2, 0.25) is 0 Å². The van der Waals surface area contributed by atoms with Crippen molar-refractivity contribution in [1.29, 1.82) is 0 Å². The third-order valence-electron chi connectivity index (χ3n) is 5.68. The van der Waals surface area contributed by atoms with E-state index in [4.69, 9.17) is 0 Å². The minimum absolute atomic E-state index is 0.118. The lowest BCUT2D eigenvalue weighted by atomic mass is 10.0. The lowest BCUT2D eigenvalue weighted by molar-refractivity contribution is -0.136. The van der Waals surface area contributed by atoms with Crippen molar-refractivity contribution in [3.05, 3.63) is 34.9 Å². The molecule has 3 heterocycles. The number of piperidine rings is 1. The number of benzene rings is 1. The van der Waals surface area contributed by atoms with Gasteiger partial charge in [-0.3, -0.25) is 24.6 Å². The molecule has 3 aliphatic rings. The van der Waals surface area contributed by atoms with Crippen molar-refractivity contribution in [3.8, 4) is 0 Å². The number of rotatable bonds is 3. The maximum atomic E-state index is 12.8. The van der Waals surface area contributed by atoms with Gasteiger partial charge in [-0.2, -0.15) is 0 Å². The number of fused-ring (bicyclic) bond motifs is 1. The van der Waals surface area contributed by atoms with E-state index in [-0.39, 0.29) is 24.1 Å². The molecule has 150 valence electrons. The van der Waals surface area contributed by atoms with Gasteiger partial charge in [0.15, 0.2) is 0 Å². The van der Waals surface area contributed by atoms with Gasteiger partial charge in [-0.25, -0.2) is 0 Å². The Labute approximate surface area is 164 Å². The zero-order chi connectivity index (χ0) is 19.5. The first-order valence-electron chi connectivity index (χ1n) is 10.0. The molecule has 8 heteroatoms. The molecular formula is C20H27N5O3. The Morgan fingerprint density at radius 3 is 2.46 bits per heavy atom. The van der Waals surface area contributed by atoms with Gasteiger partial charge in [0.25, 0.3) is 5.91 Å². The highest BCUT2D eigenvalue weighted by Gasteiger charge is 2.39. The van der Waals surface area contributed by atoms with E-state index in [9.17, 15) is 14.4 Å². The van der Waals surface area contributed by atoms with Crippen molar-refractivity contribution < 1.29 is 14.4 Å². The molecule has 1 unspecified atom stereocenters. The fourth-order valence-corrected chi connectivity index (χ4v) is 4.16. The molecule has 2 fully saturated rings. The Morgan fingerprint density at radius 2 is 1.75 bits per heavy atom. The van der Waals surface area contributed by atoms with Crippen LogP contribution in [-0.4, -0.2) is 72.8 Å². The van der Waals surface area contributed by atoms with Gasteiger partial charge in [0.2, 0.25) is 11.8 Å². The van der Waals surface area contributed by atoms with Gasteiger partial charge in [-0.1, -0.05) is 12.1 Å². The molecule has 0 spiro atoms. The molecule has 28 heavy (non-hydrogen) atoms. The average Bonchev–Trinajstić information content (AvgIpc) is 3.05. The van der Waals surface area contributed by atoms with Crippen molar-refractivity contribution >= 4 is 17.7 Å². The number of carbonyl (C=O) groups excluding carboxylic acids is 3. The Balaban J connectivity index is 1.44. The van der Waals surface area contributed by atoms with Crippen LogP contribution in [0.5, 0.6) is 0 Å². The Kier molecular flexibility index (Phi) is 5.70. The summed E-state index contributed by atoms with van der Waals surface area (Å²) in [5.74, 6) is -0.748. The number of carbonyl (C=O) groups is 3. The predicted octanol–water partition coefficient (Wildman–Crippen LogP) is -0.558. The van der Waals surface area contributed by atoms with E-state index in [0.717, 1.165) is 51.4 Å². The first-order valence-corrected chi connectivity index (χ1v) is 10.0. The lowest BCUT2D eigenvalue weighted by Gasteiger charge is -2.29. The Bertz CT molecular complexity index is 771. The van der Waals surface area contributed by atoms with Gasteiger partial charge >= 0.3 is 0 Å². The second-order valence-corrected chi connectivity index (χ2v) is 7.67. The molecule has 0 radical (unpaired) electrons. The average molecular weight is 385 g/mol. The first-order chi connectivity index (χ1) is 13.6. The molecule has 2 saturated heterocycles.